The van der Waals surface area contributed by atoms with Crippen molar-refractivity contribution >= 4 is 29.8 Å². The molecule has 0 saturated carbocycles. The zero-order valence-electron chi connectivity index (χ0n) is 14.8. The van der Waals surface area contributed by atoms with E-state index >= 15 is 0 Å². The second kappa shape index (κ2) is 8.11. The molecule has 0 spiro atoms. The lowest BCUT2D eigenvalue weighted by atomic mass is 10.1. The summed E-state index contributed by atoms with van der Waals surface area (Å²) < 4.78 is 4.92. The van der Waals surface area contributed by atoms with Gasteiger partial charge in [-0.3, -0.25) is 4.90 Å². The van der Waals surface area contributed by atoms with Crippen LogP contribution in [0.25, 0.3) is 0 Å². The number of esters is 1. The summed E-state index contributed by atoms with van der Waals surface area (Å²) in [4.78, 5) is 29.0. The maximum atomic E-state index is 11.7. The lowest BCUT2D eigenvalue weighted by Gasteiger charge is -2.28. The van der Waals surface area contributed by atoms with E-state index < -0.39 is 11.9 Å². The van der Waals surface area contributed by atoms with E-state index in [0.29, 0.717) is 23.0 Å². The van der Waals surface area contributed by atoms with Crippen LogP contribution in [0.5, 0.6) is 0 Å². The highest BCUT2D eigenvalue weighted by atomic mass is 16.5. The van der Waals surface area contributed by atoms with E-state index in [9.17, 15) is 9.59 Å². The first-order valence-electron chi connectivity index (χ1n) is 7.89. The van der Waals surface area contributed by atoms with Crippen molar-refractivity contribution in [3.05, 3.63) is 53.4 Å². The monoisotopic (exact) mass is 356 g/mol. The summed E-state index contributed by atoms with van der Waals surface area (Å²) in [5.74, 6) is -1.23. The van der Waals surface area contributed by atoms with Crippen LogP contribution in [0, 0.1) is 6.92 Å². The van der Waals surface area contributed by atoms with Gasteiger partial charge >= 0.3 is 11.9 Å². The van der Waals surface area contributed by atoms with Crippen LogP contribution in [-0.2, 0) is 9.53 Å². The molecule has 2 rings (SSSR count). The molecule has 8 heteroatoms. The molecular formula is C18H20N4O4. The molecule has 1 aromatic rings. The Morgan fingerprint density at radius 2 is 2.19 bits per heavy atom. The van der Waals surface area contributed by atoms with E-state index in [1.807, 2.05) is 6.92 Å². The van der Waals surface area contributed by atoms with E-state index in [-0.39, 0.29) is 12.2 Å². The molecule has 0 unspecified atom stereocenters. The van der Waals surface area contributed by atoms with Gasteiger partial charge in [-0.05, 0) is 38.5 Å². The van der Waals surface area contributed by atoms with Crippen molar-refractivity contribution in [3.63, 3.8) is 0 Å². The molecule has 1 heterocycles. The number of hydrazone groups is 1. The second-order valence-corrected chi connectivity index (χ2v) is 5.48. The van der Waals surface area contributed by atoms with Gasteiger partial charge in [0.2, 0.25) is 5.96 Å². The van der Waals surface area contributed by atoms with Crippen LogP contribution in [0.1, 0.15) is 29.8 Å². The van der Waals surface area contributed by atoms with Gasteiger partial charge in [0.05, 0.1) is 29.8 Å². The Bertz CT molecular complexity index is 840. The Hall–Kier alpha value is -3.42. The second-order valence-electron chi connectivity index (χ2n) is 5.48. The maximum absolute atomic E-state index is 11.7. The Kier molecular flexibility index (Phi) is 5.90. The van der Waals surface area contributed by atoms with Crippen LogP contribution < -0.4 is 5.43 Å². The molecule has 0 aromatic heterocycles. The van der Waals surface area contributed by atoms with Crippen molar-refractivity contribution in [2.45, 2.75) is 20.8 Å². The van der Waals surface area contributed by atoms with Gasteiger partial charge in [-0.25, -0.2) is 20.0 Å². The summed E-state index contributed by atoms with van der Waals surface area (Å²) in [6, 6.07) is 4.65. The fourth-order valence-electron chi connectivity index (χ4n) is 2.27. The number of benzene rings is 1. The lowest BCUT2D eigenvalue weighted by molar-refractivity contribution is -0.137. The van der Waals surface area contributed by atoms with E-state index in [2.05, 4.69) is 22.1 Å². The average Bonchev–Trinajstić information content (AvgIpc) is 2.56. The molecule has 2 N–H and O–H groups in total. The number of guanidine groups is 1. The third-order valence-electron chi connectivity index (χ3n) is 3.53. The quantitative estimate of drug-likeness (QED) is 0.621. The van der Waals surface area contributed by atoms with Crippen molar-refractivity contribution in [2.24, 2.45) is 10.1 Å². The molecular weight excluding hydrogens is 336 g/mol. The molecule has 0 aliphatic carbocycles. The van der Waals surface area contributed by atoms with Gasteiger partial charge < -0.3 is 9.84 Å². The summed E-state index contributed by atoms with van der Waals surface area (Å²) in [5.41, 5.74) is 5.15. The van der Waals surface area contributed by atoms with E-state index in [4.69, 9.17) is 9.84 Å². The van der Waals surface area contributed by atoms with Gasteiger partial charge in [-0.1, -0.05) is 12.6 Å². The SMILES string of the molecule is C=C1C=NNC(=Nc2cc(C(=O)O)ccc2C)N1/C(C)=C/C(=O)OCC. The number of aryl methyl sites for hydroxylation is 1. The topological polar surface area (TPSA) is 104 Å². The minimum atomic E-state index is -1.04. The molecule has 0 fully saturated rings. The summed E-state index contributed by atoms with van der Waals surface area (Å²) in [6.45, 7) is 9.41. The van der Waals surface area contributed by atoms with E-state index in [1.165, 1.54) is 24.4 Å². The number of rotatable bonds is 5. The van der Waals surface area contributed by atoms with Crippen LogP contribution in [0.2, 0.25) is 0 Å². The fraction of sp³-hybridized carbons (Fsp3) is 0.222. The predicted molar refractivity (Wildman–Crippen MR) is 98.2 cm³/mol. The highest BCUT2D eigenvalue weighted by molar-refractivity contribution is 5.97. The summed E-state index contributed by atoms with van der Waals surface area (Å²) >= 11 is 0. The van der Waals surface area contributed by atoms with Gasteiger partial charge in [0.15, 0.2) is 0 Å². The summed E-state index contributed by atoms with van der Waals surface area (Å²) in [7, 11) is 0. The zero-order chi connectivity index (χ0) is 19.3. The first-order valence-corrected chi connectivity index (χ1v) is 7.89. The molecule has 1 aliphatic rings. The minimum Gasteiger partial charge on any atom is -0.478 e. The molecule has 0 atom stereocenters. The number of ether oxygens (including phenoxy) is 1. The van der Waals surface area contributed by atoms with Crippen LogP contribution in [0.3, 0.4) is 0 Å². The van der Waals surface area contributed by atoms with Crippen LogP contribution in [0.4, 0.5) is 5.69 Å². The standard InChI is InChI=1S/C18H20N4O4/c1-5-26-16(23)8-12(3)22-13(4)10-19-21-18(22)20-15-9-14(17(24)25)7-6-11(15)2/h6-10H,4-5H2,1-3H3,(H,20,21)(H,24,25)/b12-8+. The van der Waals surface area contributed by atoms with Crippen LogP contribution >= 0.6 is 0 Å². The Morgan fingerprint density at radius 3 is 2.85 bits per heavy atom. The van der Waals surface area contributed by atoms with Crippen molar-refractivity contribution < 1.29 is 19.4 Å². The Morgan fingerprint density at radius 1 is 1.46 bits per heavy atom. The number of nitrogens with zero attached hydrogens (tertiary/aromatic N) is 3. The third-order valence-corrected chi connectivity index (χ3v) is 3.53. The average molecular weight is 356 g/mol. The summed E-state index contributed by atoms with van der Waals surface area (Å²) in [5, 5.41) is 13.1. The molecule has 1 aromatic carbocycles. The molecule has 26 heavy (non-hydrogen) atoms. The highest BCUT2D eigenvalue weighted by Gasteiger charge is 2.21. The van der Waals surface area contributed by atoms with Crippen molar-refractivity contribution in [1.82, 2.24) is 10.3 Å². The smallest absolute Gasteiger partial charge is 0.335 e. The number of aliphatic imine (C=N–C) groups is 1. The van der Waals surface area contributed by atoms with E-state index in [1.54, 1.807) is 24.8 Å². The number of hydrogen-bond donors (Lipinski definition) is 2. The first kappa shape index (κ1) is 18.9. The number of carboxylic acid groups (broad SMARTS) is 1. The predicted octanol–water partition coefficient (Wildman–Crippen LogP) is 2.55. The highest BCUT2D eigenvalue weighted by Crippen LogP contribution is 2.23. The number of carbonyl (C=O) groups is 2. The molecule has 0 radical (unpaired) electrons. The number of carbonyl (C=O) groups excluding carboxylic acids is 1. The molecule has 0 amide bonds. The van der Waals surface area contributed by atoms with Gasteiger partial charge in [0.1, 0.15) is 0 Å². The van der Waals surface area contributed by atoms with Crippen molar-refractivity contribution in [1.29, 1.82) is 0 Å². The van der Waals surface area contributed by atoms with Gasteiger partial charge in [0, 0.05) is 11.8 Å². The first-order chi connectivity index (χ1) is 12.3. The number of allylic oxidation sites excluding steroid dienone is 2. The Labute approximate surface area is 151 Å². The maximum Gasteiger partial charge on any atom is 0.335 e. The number of hydrogen-bond acceptors (Lipinski definition) is 5. The minimum absolute atomic E-state index is 0.124. The molecule has 1 aliphatic heterocycles. The number of nitrogens with one attached hydrogen (secondary N) is 1. The number of aromatic carboxylic acids is 1. The van der Waals surface area contributed by atoms with Gasteiger partial charge in [0.25, 0.3) is 0 Å². The van der Waals surface area contributed by atoms with Crippen LogP contribution in [0.15, 0.2) is 52.3 Å². The molecule has 8 nitrogen and oxygen atoms in total. The summed E-state index contributed by atoms with van der Waals surface area (Å²) in [6.07, 6.45) is 2.81. The zero-order valence-corrected chi connectivity index (χ0v) is 14.8. The van der Waals surface area contributed by atoms with Crippen molar-refractivity contribution in [3.8, 4) is 0 Å². The lowest BCUT2D eigenvalue weighted by Crippen LogP contribution is -2.41. The third kappa shape index (κ3) is 4.35. The fourth-order valence-corrected chi connectivity index (χ4v) is 2.27. The van der Waals surface area contributed by atoms with Crippen molar-refractivity contribution in [2.75, 3.05) is 6.61 Å². The normalized spacial score (nSPS) is 15.8. The van der Waals surface area contributed by atoms with E-state index in [0.717, 1.165) is 5.56 Å². The van der Waals surface area contributed by atoms with Gasteiger partial charge in [-0.2, -0.15) is 5.10 Å². The van der Waals surface area contributed by atoms with Gasteiger partial charge in [-0.15, -0.1) is 0 Å². The Balaban J connectivity index is 2.45. The number of carboxylic acids is 1. The molecule has 136 valence electrons. The molecule has 0 bridgehead atoms. The van der Waals surface area contributed by atoms with Crippen LogP contribution in [-0.4, -0.2) is 40.7 Å². The largest absolute Gasteiger partial charge is 0.478 e. The molecule has 0 saturated heterocycles.